The van der Waals surface area contributed by atoms with Crippen molar-refractivity contribution in [3.8, 4) is 0 Å². The molecule has 18 heavy (non-hydrogen) atoms. The van der Waals surface area contributed by atoms with Crippen molar-refractivity contribution in [1.29, 1.82) is 0 Å². The fraction of sp³-hybridized carbons (Fsp3) is 0.714. The van der Waals surface area contributed by atoms with Crippen LogP contribution in [0.15, 0.2) is 16.5 Å². The van der Waals surface area contributed by atoms with Crippen LogP contribution in [0.25, 0.3) is 0 Å². The minimum Gasteiger partial charge on any atom is -0.465 e. The average molecular weight is 254 g/mol. The number of nitrogens with zero attached hydrogens (tertiary/aromatic N) is 1. The monoisotopic (exact) mass is 254 g/mol. The van der Waals surface area contributed by atoms with E-state index >= 15 is 0 Å². The summed E-state index contributed by atoms with van der Waals surface area (Å²) in [5.41, 5.74) is 6.25. The Hall–Kier alpha value is -0.840. The Kier molecular flexibility index (Phi) is 5.85. The zero-order chi connectivity index (χ0) is 13.7. The molecule has 4 nitrogen and oxygen atoms in total. The van der Waals surface area contributed by atoms with Gasteiger partial charge in [0.2, 0.25) is 0 Å². The summed E-state index contributed by atoms with van der Waals surface area (Å²) in [5.74, 6) is 1.86. The Morgan fingerprint density at radius 1 is 1.44 bits per heavy atom. The van der Waals surface area contributed by atoms with Gasteiger partial charge in [0.15, 0.2) is 0 Å². The predicted octanol–water partition coefficient (Wildman–Crippen LogP) is 2.33. The van der Waals surface area contributed by atoms with Crippen LogP contribution in [0.3, 0.4) is 0 Å². The number of hydrogen-bond acceptors (Lipinski definition) is 4. The summed E-state index contributed by atoms with van der Waals surface area (Å²) in [6.07, 6.45) is 0.911. The summed E-state index contributed by atoms with van der Waals surface area (Å²) >= 11 is 0. The molecule has 0 radical (unpaired) electrons. The van der Waals surface area contributed by atoms with Gasteiger partial charge in [-0.15, -0.1) is 0 Å². The van der Waals surface area contributed by atoms with Crippen molar-refractivity contribution in [2.75, 3.05) is 20.8 Å². The van der Waals surface area contributed by atoms with Crippen LogP contribution in [0.1, 0.15) is 37.8 Å². The van der Waals surface area contributed by atoms with Crippen LogP contribution in [0.4, 0.5) is 0 Å². The Morgan fingerprint density at radius 2 is 2.11 bits per heavy atom. The molecule has 0 aromatic carbocycles. The lowest BCUT2D eigenvalue weighted by Crippen LogP contribution is -2.44. The first-order chi connectivity index (χ1) is 8.51. The number of likely N-dealkylation sites (N-methyl/N-ethyl adjacent to an activating group) is 1. The molecule has 0 bridgehead atoms. The standard InChI is InChI=1S/C14H26N2O2/c1-6-12(15)14(13-8-7-11(3)18-13)16(4)10(2)9-17-5/h7-8,10,12,14H,6,9,15H2,1-5H3. The van der Waals surface area contributed by atoms with Crippen molar-refractivity contribution in [3.63, 3.8) is 0 Å². The van der Waals surface area contributed by atoms with Gasteiger partial charge in [-0.1, -0.05) is 6.92 Å². The summed E-state index contributed by atoms with van der Waals surface area (Å²) in [7, 11) is 3.79. The average Bonchev–Trinajstić information content (AvgIpc) is 2.75. The third kappa shape index (κ3) is 3.57. The maximum atomic E-state index is 6.25. The van der Waals surface area contributed by atoms with E-state index < -0.39 is 0 Å². The summed E-state index contributed by atoms with van der Waals surface area (Å²) < 4.78 is 11.0. The number of nitrogens with two attached hydrogens (primary N) is 1. The molecule has 0 saturated carbocycles. The van der Waals surface area contributed by atoms with Crippen molar-refractivity contribution < 1.29 is 9.15 Å². The number of aryl methyl sites for hydroxylation is 1. The van der Waals surface area contributed by atoms with Crippen molar-refractivity contribution in [1.82, 2.24) is 4.90 Å². The summed E-state index contributed by atoms with van der Waals surface area (Å²) in [5, 5.41) is 0. The van der Waals surface area contributed by atoms with Crippen LogP contribution in [0.2, 0.25) is 0 Å². The number of hydrogen-bond donors (Lipinski definition) is 1. The highest BCUT2D eigenvalue weighted by Gasteiger charge is 2.28. The van der Waals surface area contributed by atoms with Crippen LogP contribution in [0, 0.1) is 6.92 Å². The molecule has 3 atom stereocenters. The Balaban J connectivity index is 2.91. The topological polar surface area (TPSA) is 51.6 Å². The van der Waals surface area contributed by atoms with Crippen LogP contribution in [-0.2, 0) is 4.74 Å². The number of methoxy groups -OCH3 is 1. The van der Waals surface area contributed by atoms with Gasteiger partial charge < -0.3 is 14.9 Å². The molecule has 0 fully saturated rings. The SMILES string of the molecule is CCC(N)C(c1ccc(C)o1)N(C)C(C)COC. The first kappa shape index (κ1) is 15.2. The molecule has 0 aliphatic carbocycles. The fourth-order valence-electron chi connectivity index (χ4n) is 2.18. The molecule has 4 heteroatoms. The third-order valence-electron chi connectivity index (χ3n) is 3.47. The summed E-state index contributed by atoms with van der Waals surface area (Å²) in [4.78, 5) is 2.23. The van der Waals surface area contributed by atoms with Gasteiger partial charge in [-0.05, 0) is 39.4 Å². The highest BCUT2D eigenvalue weighted by atomic mass is 16.5. The highest BCUT2D eigenvalue weighted by Crippen LogP contribution is 2.27. The van der Waals surface area contributed by atoms with E-state index in [0.717, 1.165) is 17.9 Å². The number of furan rings is 1. The Bertz CT molecular complexity index is 351. The number of rotatable bonds is 7. The van der Waals surface area contributed by atoms with Gasteiger partial charge >= 0.3 is 0 Å². The lowest BCUT2D eigenvalue weighted by molar-refractivity contribution is 0.0709. The largest absolute Gasteiger partial charge is 0.465 e. The van der Waals surface area contributed by atoms with Crippen LogP contribution >= 0.6 is 0 Å². The Labute approximate surface area is 110 Å². The van der Waals surface area contributed by atoms with Crippen LogP contribution in [-0.4, -0.2) is 37.7 Å². The van der Waals surface area contributed by atoms with E-state index in [1.165, 1.54) is 0 Å². The van der Waals surface area contributed by atoms with E-state index in [1.54, 1.807) is 7.11 Å². The van der Waals surface area contributed by atoms with Gasteiger partial charge in [-0.3, -0.25) is 4.90 Å². The van der Waals surface area contributed by atoms with E-state index in [9.17, 15) is 0 Å². The number of ether oxygens (including phenoxy) is 1. The molecule has 3 unspecified atom stereocenters. The normalized spacial score (nSPS) is 16.8. The molecule has 1 aromatic rings. The third-order valence-corrected chi connectivity index (χ3v) is 3.47. The molecule has 0 amide bonds. The maximum Gasteiger partial charge on any atom is 0.122 e. The van der Waals surface area contributed by atoms with Gasteiger partial charge in [0.25, 0.3) is 0 Å². The maximum absolute atomic E-state index is 6.25. The molecular formula is C14H26N2O2. The predicted molar refractivity (Wildman–Crippen MR) is 73.6 cm³/mol. The van der Waals surface area contributed by atoms with Gasteiger partial charge in [-0.2, -0.15) is 0 Å². The zero-order valence-corrected chi connectivity index (χ0v) is 12.1. The van der Waals surface area contributed by atoms with Crippen LogP contribution < -0.4 is 5.73 Å². The van der Waals surface area contributed by atoms with Gasteiger partial charge in [0.05, 0.1) is 12.6 Å². The van der Waals surface area contributed by atoms with Gasteiger partial charge in [0.1, 0.15) is 11.5 Å². The lowest BCUT2D eigenvalue weighted by atomic mass is 10.0. The van der Waals surface area contributed by atoms with Crippen molar-refractivity contribution in [3.05, 3.63) is 23.7 Å². The second-order valence-corrected chi connectivity index (χ2v) is 4.94. The Morgan fingerprint density at radius 3 is 2.56 bits per heavy atom. The molecule has 0 spiro atoms. The van der Waals surface area contributed by atoms with E-state index in [2.05, 4.69) is 25.8 Å². The lowest BCUT2D eigenvalue weighted by Gasteiger charge is -2.34. The van der Waals surface area contributed by atoms with Gasteiger partial charge in [-0.25, -0.2) is 0 Å². The molecule has 2 N–H and O–H groups in total. The summed E-state index contributed by atoms with van der Waals surface area (Å²) in [6.45, 7) is 6.87. The second kappa shape index (κ2) is 6.92. The highest BCUT2D eigenvalue weighted by molar-refractivity contribution is 5.12. The molecular weight excluding hydrogens is 228 g/mol. The first-order valence-electron chi connectivity index (χ1n) is 6.54. The minimum atomic E-state index is 0.0554. The van der Waals surface area contributed by atoms with E-state index in [-0.39, 0.29) is 12.1 Å². The molecule has 0 aliphatic heterocycles. The first-order valence-corrected chi connectivity index (χ1v) is 6.54. The van der Waals surface area contributed by atoms with Crippen molar-refractivity contribution in [2.45, 2.75) is 45.3 Å². The molecule has 104 valence electrons. The van der Waals surface area contributed by atoms with E-state index in [0.29, 0.717) is 12.6 Å². The minimum absolute atomic E-state index is 0.0554. The van der Waals surface area contributed by atoms with E-state index in [4.69, 9.17) is 14.9 Å². The smallest absolute Gasteiger partial charge is 0.122 e. The zero-order valence-electron chi connectivity index (χ0n) is 12.1. The van der Waals surface area contributed by atoms with Crippen LogP contribution in [0.5, 0.6) is 0 Å². The molecule has 1 heterocycles. The van der Waals surface area contributed by atoms with Crippen molar-refractivity contribution in [2.24, 2.45) is 5.73 Å². The molecule has 1 aromatic heterocycles. The van der Waals surface area contributed by atoms with Gasteiger partial charge in [0, 0.05) is 19.2 Å². The van der Waals surface area contributed by atoms with Crippen molar-refractivity contribution >= 4 is 0 Å². The fourth-order valence-corrected chi connectivity index (χ4v) is 2.18. The molecule has 0 saturated heterocycles. The quantitative estimate of drug-likeness (QED) is 0.811. The second-order valence-electron chi connectivity index (χ2n) is 4.94. The summed E-state index contributed by atoms with van der Waals surface area (Å²) in [6, 6.07) is 4.45. The van der Waals surface area contributed by atoms with E-state index in [1.807, 2.05) is 19.1 Å². The molecule has 1 rings (SSSR count). The molecule has 0 aliphatic rings.